The topological polar surface area (TPSA) is 68.3 Å². The number of carbonyl (C=O) groups excluding carboxylic acids is 1. The van der Waals surface area contributed by atoms with E-state index >= 15 is 0 Å². The van der Waals surface area contributed by atoms with Gasteiger partial charge in [0.25, 0.3) is 5.92 Å². The minimum absolute atomic E-state index is 0.473. The molecule has 0 radical (unpaired) electrons. The molecule has 0 saturated carbocycles. The summed E-state index contributed by atoms with van der Waals surface area (Å²) in [4.78, 5) is 11.1. The lowest BCUT2D eigenvalue weighted by Crippen LogP contribution is -2.41. The molecule has 0 saturated heterocycles. The third-order valence-electron chi connectivity index (χ3n) is 1.76. The number of hydrogen-bond donors (Lipinski definition) is 2. The first kappa shape index (κ1) is 12.4. The molecule has 0 atom stereocenters. The molecule has 1 heterocycles. The maximum atomic E-state index is 12.6. The Kier molecular flexibility index (Phi) is 4.19. The lowest BCUT2D eigenvalue weighted by molar-refractivity contribution is -0.118. The van der Waals surface area contributed by atoms with Gasteiger partial charge in [0.05, 0.1) is 19.4 Å². The Bertz CT molecular complexity index is 361. The average molecular weight is 230 g/mol. The van der Waals surface area contributed by atoms with Crippen LogP contribution in [-0.2, 0) is 4.79 Å². The number of halogens is 2. The summed E-state index contributed by atoms with van der Waals surface area (Å²) in [6, 6.07) is 3.29. The number of alkyl halides is 2. The molecule has 4 nitrogen and oxygen atoms in total. The van der Waals surface area contributed by atoms with Crippen molar-refractivity contribution < 1.29 is 18.0 Å². The molecule has 1 aromatic rings. The first-order chi connectivity index (χ1) is 7.53. The van der Waals surface area contributed by atoms with Crippen LogP contribution in [0.4, 0.5) is 8.78 Å². The minimum Gasteiger partial charge on any atom is -0.465 e. The number of rotatable bonds is 5. The second-order valence-electron chi connectivity index (χ2n) is 3.13. The molecular weight excluding hydrogens is 218 g/mol. The van der Waals surface area contributed by atoms with Gasteiger partial charge in [0.2, 0.25) is 5.91 Å². The zero-order chi connectivity index (χ0) is 12.0. The van der Waals surface area contributed by atoms with E-state index in [1.807, 2.05) is 5.32 Å². The first-order valence-electron chi connectivity index (χ1n) is 4.61. The average Bonchev–Trinajstić information content (AvgIpc) is 2.76. The van der Waals surface area contributed by atoms with Crippen molar-refractivity contribution in [3.63, 3.8) is 0 Å². The molecule has 0 bridgehead atoms. The maximum Gasteiger partial charge on any atom is 0.277 e. The quantitative estimate of drug-likeness (QED) is 0.741. The molecule has 6 heteroatoms. The highest BCUT2D eigenvalue weighted by Gasteiger charge is 2.26. The molecular formula is C10H12F2N2O2. The maximum absolute atomic E-state index is 12.6. The van der Waals surface area contributed by atoms with Gasteiger partial charge in [-0.05, 0) is 18.2 Å². The van der Waals surface area contributed by atoms with E-state index in [9.17, 15) is 13.6 Å². The van der Waals surface area contributed by atoms with Crippen molar-refractivity contribution in [1.29, 1.82) is 0 Å². The Morgan fingerprint density at radius 1 is 1.62 bits per heavy atom. The second kappa shape index (κ2) is 5.41. The largest absolute Gasteiger partial charge is 0.465 e. The second-order valence-corrected chi connectivity index (χ2v) is 3.13. The van der Waals surface area contributed by atoms with Gasteiger partial charge >= 0.3 is 0 Å². The molecule has 0 aromatic carbocycles. The molecule has 88 valence electrons. The van der Waals surface area contributed by atoms with Crippen molar-refractivity contribution in [2.24, 2.45) is 5.73 Å². The van der Waals surface area contributed by atoms with Crippen LogP contribution in [0.25, 0.3) is 6.08 Å². The summed E-state index contributed by atoms with van der Waals surface area (Å²) in [7, 11) is 0. The van der Waals surface area contributed by atoms with E-state index in [0.29, 0.717) is 5.76 Å². The summed E-state index contributed by atoms with van der Waals surface area (Å²) in [6.07, 6.45) is 3.95. The summed E-state index contributed by atoms with van der Waals surface area (Å²) < 4.78 is 30.2. The number of carbonyl (C=O) groups is 1. The predicted molar refractivity (Wildman–Crippen MR) is 54.8 cm³/mol. The van der Waals surface area contributed by atoms with Gasteiger partial charge in [-0.1, -0.05) is 0 Å². The molecule has 0 spiro atoms. The fraction of sp³-hybridized carbons (Fsp3) is 0.300. The van der Waals surface area contributed by atoms with Crippen LogP contribution in [0.2, 0.25) is 0 Å². The highest BCUT2D eigenvalue weighted by Crippen LogP contribution is 2.08. The molecule has 16 heavy (non-hydrogen) atoms. The van der Waals surface area contributed by atoms with Gasteiger partial charge in [0, 0.05) is 6.08 Å². The van der Waals surface area contributed by atoms with E-state index < -0.39 is 24.9 Å². The molecule has 0 aliphatic rings. The summed E-state index contributed by atoms with van der Waals surface area (Å²) >= 11 is 0. The third kappa shape index (κ3) is 4.22. The van der Waals surface area contributed by atoms with Crippen LogP contribution in [0.15, 0.2) is 28.9 Å². The molecule has 1 aromatic heterocycles. The van der Waals surface area contributed by atoms with Crippen LogP contribution >= 0.6 is 0 Å². The van der Waals surface area contributed by atoms with Gasteiger partial charge in [-0.15, -0.1) is 0 Å². The number of nitrogens with two attached hydrogens (primary N) is 1. The zero-order valence-electron chi connectivity index (χ0n) is 8.45. The van der Waals surface area contributed by atoms with Gasteiger partial charge in [-0.2, -0.15) is 0 Å². The predicted octanol–water partition coefficient (Wildman–Crippen LogP) is 1.00. The van der Waals surface area contributed by atoms with E-state index in [2.05, 4.69) is 0 Å². The number of nitrogens with one attached hydrogen (secondary N) is 1. The normalized spacial score (nSPS) is 11.9. The van der Waals surface area contributed by atoms with E-state index in [1.165, 1.54) is 12.3 Å². The van der Waals surface area contributed by atoms with Crippen molar-refractivity contribution in [1.82, 2.24) is 5.32 Å². The Labute approximate surface area is 91.1 Å². The SMILES string of the molecule is NCC(F)(F)CNC(=O)/C=C/c1ccco1. The van der Waals surface area contributed by atoms with Gasteiger partial charge in [-0.25, -0.2) is 8.78 Å². The number of hydrogen-bond acceptors (Lipinski definition) is 3. The van der Waals surface area contributed by atoms with Crippen LogP contribution in [0.5, 0.6) is 0 Å². The van der Waals surface area contributed by atoms with Crippen LogP contribution in [0.3, 0.4) is 0 Å². The first-order valence-corrected chi connectivity index (χ1v) is 4.61. The minimum atomic E-state index is -3.08. The van der Waals surface area contributed by atoms with E-state index in [4.69, 9.17) is 10.2 Å². The van der Waals surface area contributed by atoms with Crippen molar-refractivity contribution >= 4 is 12.0 Å². The van der Waals surface area contributed by atoms with Crippen molar-refractivity contribution in [3.05, 3.63) is 30.2 Å². The summed E-state index contributed by atoms with van der Waals surface area (Å²) in [5.41, 5.74) is 4.81. The smallest absolute Gasteiger partial charge is 0.277 e. The molecule has 0 aliphatic carbocycles. The Hall–Kier alpha value is -1.69. The van der Waals surface area contributed by atoms with E-state index in [-0.39, 0.29) is 0 Å². The monoisotopic (exact) mass is 230 g/mol. The van der Waals surface area contributed by atoms with Crippen LogP contribution < -0.4 is 11.1 Å². The van der Waals surface area contributed by atoms with E-state index in [1.54, 1.807) is 12.1 Å². The van der Waals surface area contributed by atoms with Crippen molar-refractivity contribution in [2.75, 3.05) is 13.1 Å². The van der Waals surface area contributed by atoms with Crippen molar-refractivity contribution in [3.8, 4) is 0 Å². The lowest BCUT2D eigenvalue weighted by Gasteiger charge is -2.13. The van der Waals surface area contributed by atoms with Gasteiger partial charge in [-0.3, -0.25) is 4.79 Å². The Balaban J connectivity index is 2.37. The highest BCUT2D eigenvalue weighted by molar-refractivity contribution is 5.91. The number of amides is 1. The van der Waals surface area contributed by atoms with E-state index in [0.717, 1.165) is 6.08 Å². The summed E-state index contributed by atoms with van der Waals surface area (Å²) in [5.74, 6) is -3.22. The van der Waals surface area contributed by atoms with Crippen LogP contribution in [-0.4, -0.2) is 24.9 Å². The fourth-order valence-electron chi connectivity index (χ4n) is 0.891. The standard InChI is InChI=1S/C10H12F2N2O2/c11-10(12,6-13)7-14-9(15)4-3-8-2-1-5-16-8/h1-5H,6-7,13H2,(H,14,15)/b4-3+. The highest BCUT2D eigenvalue weighted by atomic mass is 19.3. The Morgan fingerprint density at radius 3 is 2.94 bits per heavy atom. The molecule has 1 rings (SSSR count). The molecule has 3 N–H and O–H groups in total. The molecule has 0 unspecified atom stereocenters. The van der Waals surface area contributed by atoms with Crippen LogP contribution in [0.1, 0.15) is 5.76 Å². The van der Waals surface area contributed by atoms with Crippen LogP contribution in [0, 0.1) is 0 Å². The van der Waals surface area contributed by atoms with Gasteiger partial charge < -0.3 is 15.5 Å². The Morgan fingerprint density at radius 2 is 2.38 bits per heavy atom. The number of furan rings is 1. The fourth-order valence-corrected chi connectivity index (χ4v) is 0.891. The molecule has 1 amide bonds. The van der Waals surface area contributed by atoms with Gasteiger partial charge in [0.15, 0.2) is 0 Å². The zero-order valence-corrected chi connectivity index (χ0v) is 8.45. The third-order valence-corrected chi connectivity index (χ3v) is 1.76. The summed E-state index contributed by atoms with van der Waals surface area (Å²) in [5, 5.41) is 2.04. The molecule has 0 fully saturated rings. The molecule has 0 aliphatic heterocycles. The lowest BCUT2D eigenvalue weighted by atomic mass is 10.3. The summed E-state index contributed by atoms with van der Waals surface area (Å²) in [6.45, 7) is -1.57. The van der Waals surface area contributed by atoms with Crippen molar-refractivity contribution in [2.45, 2.75) is 5.92 Å². The van der Waals surface area contributed by atoms with Gasteiger partial charge in [0.1, 0.15) is 5.76 Å².